The Balaban J connectivity index is 1.48. The van der Waals surface area contributed by atoms with Gasteiger partial charge in [-0.3, -0.25) is 9.48 Å². The summed E-state index contributed by atoms with van der Waals surface area (Å²) in [4.78, 5) is 12.8. The first kappa shape index (κ1) is 19.3. The van der Waals surface area contributed by atoms with Crippen LogP contribution in [0.25, 0.3) is 10.9 Å². The Hall–Kier alpha value is -1.98. The van der Waals surface area contributed by atoms with Crippen LogP contribution in [0.4, 0.5) is 0 Å². The molecule has 28 heavy (non-hydrogen) atoms. The van der Waals surface area contributed by atoms with Crippen LogP contribution in [-0.2, 0) is 6.54 Å². The van der Waals surface area contributed by atoms with Crippen LogP contribution in [0.5, 0.6) is 0 Å². The van der Waals surface area contributed by atoms with Crippen LogP contribution in [0.15, 0.2) is 48.5 Å². The fourth-order valence-corrected chi connectivity index (χ4v) is 5.02. The molecule has 146 valence electrons. The van der Waals surface area contributed by atoms with E-state index in [1.54, 1.807) is 0 Å². The number of thioether (sulfide) groups is 1. The molecule has 6 heteroatoms. The minimum absolute atomic E-state index is 0.0868. The number of rotatable bonds is 6. The molecule has 0 unspecified atom stereocenters. The van der Waals surface area contributed by atoms with E-state index in [4.69, 9.17) is 11.6 Å². The SMILES string of the molecule is O=C(NCCC1CCSCC1)c1nn(Cc2ccc(Cl)cc2)c2ccccc12. The van der Waals surface area contributed by atoms with Gasteiger partial charge in [0.2, 0.25) is 0 Å². The standard InChI is InChI=1S/C22H24ClN3OS/c23-18-7-5-17(6-8-18)15-26-20-4-2-1-3-19(20)21(25-26)22(27)24-12-9-16-10-13-28-14-11-16/h1-8,16H,9-15H2,(H,24,27). The minimum atomic E-state index is -0.0868. The van der Waals surface area contributed by atoms with Crippen molar-refractivity contribution in [2.24, 2.45) is 5.92 Å². The van der Waals surface area contributed by atoms with Crippen molar-refractivity contribution in [2.75, 3.05) is 18.1 Å². The second-order valence-electron chi connectivity index (χ2n) is 7.25. The van der Waals surface area contributed by atoms with E-state index >= 15 is 0 Å². The predicted octanol–water partition coefficient (Wildman–Crippen LogP) is 5.00. The Morgan fingerprint density at radius 1 is 1.14 bits per heavy atom. The molecule has 1 amide bonds. The fraction of sp³-hybridized carbons (Fsp3) is 0.364. The normalized spacial score (nSPS) is 15.0. The van der Waals surface area contributed by atoms with E-state index in [-0.39, 0.29) is 5.91 Å². The van der Waals surface area contributed by atoms with Gasteiger partial charge in [-0.1, -0.05) is 41.9 Å². The third-order valence-corrected chi connectivity index (χ3v) is 6.60. The first-order chi connectivity index (χ1) is 13.7. The summed E-state index contributed by atoms with van der Waals surface area (Å²) in [7, 11) is 0. The largest absolute Gasteiger partial charge is 0.351 e. The van der Waals surface area contributed by atoms with Crippen LogP contribution in [0.2, 0.25) is 5.02 Å². The zero-order valence-corrected chi connectivity index (χ0v) is 17.3. The summed E-state index contributed by atoms with van der Waals surface area (Å²) < 4.78 is 1.89. The first-order valence-electron chi connectivity index (χ1n) is 9.76. The minimum Gasteiger partial charge on any atom is -0.351 e. The highest BCUT2D eigenvalue weighted by Crippen LogP contribution is 2.25. The molecular formula is C22H24ClN3OS. The van der Waals surface area contributed by atoms with E-state index in [1.807, 2.05) is 65.0 Å². The molecule has 3 aromatic rings. The van der Waals surface area contributed by atoms with Crippen LogP contribution >= 0.6 is 23.4 Å². The topological polar surface area (TPSA) is 46.9 Å². The lowest BCUT2D eigenvalue weighted by Crippen LogP contribution is -2.27. The monoisotopic (exact) mass is 413 g/mol. The lowest BCUT2D eigenvalue weighted by atomic mass is 9.99. The third-order valence-electron chi connectivity index (χ3n) is 5.30. The number of carbonyl (C=O) groups is 1. The Morgan fingerprint density at radius 3 is 2.68 bits per heavy atom. The molecule has 4 rings (SSSR count). The van der Waals surface area contributed by atoms with Crippen molar-refractivity contribution in [1.29, 1.82) is 0 Å². The average Bonchev–Trinajstić information content (AvgIpc) is 3.09. The molecule has 0 radical (unpaired) electrons. The van der Waals surface area contributed by atoms with Gasteiger partial charge < -0.3 is 5.32 Å². The van der Waals surface area contributed by atoms with Gasteiger partial charge in [-0.05, 0) is 60.4 Å². The molecule has 1 fully saturated rings. The number of hydrogen-bond donors (Lipinski definition) is 1. The molecule has 0 saturated carbocycles. The van der Waals surface area contributed by atoms with E-state index in [2.05, 4.69) is 10.4 Å². The molecule has 1 aliphatic heterocycles. The van der Waals surface area contributed by atoms with Crippen molar-refractivity contribution in [3.05, 3.63) is 64.8 Å². The van der Waals surface area contributed by atoms with Crippen LogP contribution in [0, 0.1) is 5.92 Å². The molecule has 1 aromatic heterocycles. The van der Waals surface area contributed by atoms with Crippen molar-refractivity contribution >= 4 is 40.2 Å². The Labute approximate surface area is 174 Å². The molecule has 1 aliphatic rings. The molecule has 0 aliphatic carbocycles. The van der Waals surface area contributed by atoms with Crippen LogP contribution in [0.3, 0.4) is 0 Å². The molecule has 2 heterocycles. The van der Waals surface area contributed by atoms with E-state index < -0.39 is 0 Å². The van der Waals surface area contributed by atoms with Gasteiger partial charge >= 0.3 is 0 Å². The number of halogens is 1. The van der Waals surface area contributed by atoms with Gasteiger partial charge in [0.1, 0.15) is 0 Å². The summed E-state index contributed by atoms with van der Waals surface area (Å²) in [5.74, 6) is 3.15. The summed E-state index contributed by atoms with van der Waals surface area (Å²) in [5, 5.41) is 9.33. The number of carbonyl (C=O) groups excluding carboxylic acids is 1. The van der Waals surface area contributed by atoms with Gasteiger partial charge in [-0.15, -0.1) is 0 Å². The van der Waals surface area contributed by atoms with Crippen molar-refractivity contribution in [2.45, 2.75) is 25.8 Å². The molecule has 4 nitrogen and oxygen atoms in total. The highest BCUT2D eigenvalue weighted by atomic mass is 35.5. The molecule has 1 N–H and O–H groups in total. The van der Waals surface area contributed by atoms with Gasteiger partial charge in [-0.25, -0.2) is 0 Å². The number of nitrogens with zero attached hydrogens (tertiary/aromatic N) is 2. The Morgan fingerprint density at radius 2 is 1.89 bits per heavy atom. The molecule has 0 bridgehead atoms. The number of para-hydroxylation sites is 1. The van der Waals surface area contributed by atoms with Gasteiger partial charge in [-0.2, -0.15) is 16.9 Å². The number of aromatic nitrogens is 2. The maximum atomic E-state index is 12.8. The summed E-state index contributed by atoms with van der Waals surface area (Å²) >= 11 is 8.02. The highest BCUT2D eigenvalue weighted by molar-refractivity contribution is 7.99. The maximum Gasteiger partial charge on any atom is 0.272 e. The van der Waals surface area contributed by atoms with Gasteiger partial charge in [0.05, 0.1) is 12.1 Å². The summed E-state index contributed by atoms with van der Waals surface area (Å²) in [6.45, 7) is 1.32. The zero-order chi connectivity index (χ0) is 19.3. The molecule has 1 saturated heterocycles. The number of nitrogens with one attached hydrogen (secondary N) is 1. The summed E-state index contributed by atoms with van der Waals surface area (Å²) in [6, 6.07) is 15.6. The molecule has 0 atom stereocenters. The zero-order valence-electron chi connectivity index (χ0n) is 15.7. The lowest BCUT2D eigenvalue weighted by Gasteiger charge is -2.21. The average molecular weight is 414 g/mol. The van der Waals surface area contributed by atoms with Crippen molar-refractivity contribution in [3.63, 3.8) is 0 Å². The summed E-state index contributed by atoms with van der Waals surface area (Å²) in [5.41, 5.74) is 2.57. The lowest BCUT2D eigenvalue weighted by molar-refractivity contribution is 0.0947. The summed E-state index contributed by atoms with van der Waals surface area (Å²) in [6.07, 6.45) is 3.58. The predicted molar refractivity (Wildman–Crippen MR) is 117 cm³/mol. The van der Waals surface area contributed by atoms with Gasteiger partial charge in [0.15, 0.2) is 5.69 Å². The fourth-order valence-electron chi connectivity index (χ4n) is 3.69. The number of hydrogen-bond acceptors (Lipinski definition) is 3. The second-order valence-corrected chi connectivity index (χ2v) is 8.91. The molecule has 0 spiro atoms. The van der Waals surface area contributed by atoms with Gasteiger partial charge in [0, 0.05) is 17.0 Å². The highest BCUT2D eigenvalue weighted by Gasteiger charge is 2.18. The first-order valence-corrected chi connectivity index (χ1v) is 11.3. The van der Waals surface area contributed by atoms with E-state index in [0.717, 1.165) is 28.8 Å². The van der Waals surface area contributed by atoms with Crippen LogP contribution < -0.4 is 5.32 Å². The van der Waals surface area contributed by atoms with E-state index in [9.17, 15) is 4.79 Å². The Bertz CT molecular complexity index is 948. The Kier molecular flexibility index (Phi) is 6.23. The van der Waals surface area contributed by atoms with Gasteiger partial charge in [0.25, 0.3) is 5.91 Å². The number of fused-ring (bicyclic) bond motifs is 1. The van der Waals surface area contributed by atoms with Crippen molar-refractivity contribution in [3.8, 4) is 0 Å². The van der Waals surface area contributed by atoms with Crippen LogP contribution in [-0.4, -0.2) is 33.7 Å². The molecule has 2 aromatic carbocycles. The molecular weight excluding hydrogens is 390 g/mol. The second kappa shape index (κ2) is 9.01. The van der Waals surface area contributed by atoms with Crippen molar-refractivity contribution in [1.82, 2.24) is 15.1 Å². The van der Waals surface area contributed by atoms with Crippen LogP contribution in [0.1, 0.15) is 35.3 Å². The quantitative estimate of drug-likeness (QED) is 0.618. The maximum absolute atomic E-state index is 12.8. The number of benzene rings is 2. The smallest absolute Gasteiger partial charge is 0.272 e. The van der Waals surface area contributed by atoms with Crippen molar-refractivity contribution < 1.29 is 4.79 Å². The van der Waals surface area contributed by atoms with E-state index in [1.165, 1.54) is 24.3 Å². The van der Waals surface area contributed by atoms with E-state index in [0.29, 0.717) is 23.8 Å². The third kappa shape index (κ3) is 4.53. The number of amides is 1.